The summed E-state index contributed by atoms with van der Waals surface area (Å²) in [6, 6.07) is 3.70. The molecule has 0 atom stereocenters. The smallest absolute Gasteiger partial charge is 0.312 e. The lowest BCUT2D eigenvalue weighted by Gasteiger charge is -2.07. The summed E-state index contributed by atoms with van der Waals surface area (Å²) >= 11 is 0. The molecule has 0 amide bonds. The molecular weight excluding hydrogens is 300 g/mol. The number of nitrogens with two attached hydrogens (primary N) is 1. The van der Waals surface area contributed by atoms with E-state index in [0.29, 0.717) is 0 Å². The van der Waals surface area contributed by atoms with E-state index in [2.05, 4.69) is 14.8 Å². The molecule has 1 aromatic carbocycles. The third kappa shape index (κ3) is 3.14. The third-order valence-electron chi connectivity index (χ3n) is 2.57. The molecule has 11 heteroatoms. The van der Waals surface area contributed by atoms with Crippen molar-refractivity contribution in [3.05, 3.63) is 40.5 Å². The van der Waals surface area contributed by atoms with E-state index in [0.717, 1.165) is 6.07 Å². The Labute approximate surface area is 119 Å². The summed E-state index contributed by atoms with van der Waals surface area (Å²) in [5.74, 6) is 0.243. The van der Waals surface area contributed by atoms with Crippen molar-refractivity contribution in [3.8, 4) is 0 Å². The number of nitrogen functional groups attached to an aromatic ring is 1. The van der Waals surface area contributed by atoms with E-state index in [1.165, 1.54) is 23.1 Å². The molecule has 0 aliphatic rings. The van der Waals surface area contributed by atoms with Crippen LogP contribution in [-0.4, -0.2) is 28.1 Å². The summed E-state index contributed by atoms with van der Waals surface area (Å²) in [7, 11) is -2.48. The second-order valence-corrected chi connectivity index (χ2v) is 5.85. The monoisotopic (exact) mass is 312 g/mol. The van der Waals surface area contributed by atoms with Gasteiger partial charge in [0.1, 0.15) is 12.0 Å². The zero-order valence-corrected chi connectivity index (χ0v) is 11.7. The van der Waals surface area contributed by atoms with Gasteiger partial charge in [-0.05, 0) is 12.1 Å². The van der Waals surface area contributed by atoms with E-state index in [9.17, 15) is 18.5 Å². The molecule has 112 valence electrons. The van der Waals surface area contributed by atoms with Crippen LogP contribution in [0.25, 0.3) is 0 Å². The number of hydrogen-bond acceptors (Lipinski definition) is 7. The molecule has 0 bridgehead atoms. The summed E-state index contributed by atoms with van der Waals surface area (Å²) in [6.07, 6.45) is 1.41. The highest BCUT2D eigenvalue weighted by molar-refractivity contribution is 7.89. The number of sulfonamides is 1. The second kappa shape index (κ2) is 5.46. The average molecular weight is 312 g/mol. The van der Waals surface area contributed by atoms with Crippen LogP contribution in [0, 0.1) is 10.1 Å². The zero-order chi connectivity index (χ0) is 15.6. The van der Waals surface area contributed by atoms with Gasteiger partial charge in [0.05, 0.1) is 11.5 Å². The Kier molecular flexibility index (Phi) is 3.86. The van der Waals surface area contributed by atoms with E-state index in [1.54, 1.807) is 7.05 Å². The van der Waals surface area contributed by atoms with Crippen molar-refractivity contribution < 1.29 is 13.3 Å². The Morgan fingerprint density at radius 3 is 2.76 bits per heavy atom. The number of benzene rings is 1. The lowest BCUT2D eigenvalue weighted by molar-refractivity contribution is -0.386. The zero-order valence-electron chi connectivity index (χ0n) is 10.9. The van der Waals surface area contributed by atoms with Gasteiger partial charge >= 0.3 is 5.69 Å². The lowest BCUT2D eigenvalue weighted by Crippen LogP contribution is -2.25. The first kappa shape index (κ1) is 14.9. The molecule has 0 unspecified atom stereocenters. The molecule has 10 nitrogen and oxygen atoms in total. The minimum atomic E-state index is -4.11. The van der Waals surface area contributed by atoms with E-state index < -0.39 is 25.5 Å². The minimum Gasteiger partial charge on any atom is -0.393 e. The van der Waals surface area contributed by atoms with Crippen LogP contribution in [0.2, 0.25) is 0 Å². The van der Waals surface area contributed by atoms with Crippen LogP contribution in [-0.2, 0) is 23.6 Å². The Morgan fingerprint density at radius 2 is 2.19 bits per heavy atom. The first-order valence-corrected chi connectivity index (χ1v) is 7.16. The SMILES string of the molecule is Cn1cnc(CNS(=O)(=O)c2cccc(N)c2[N+](=O)[O-])n1. The van der Waals surface area contributed by atoms with Gasteiger partial charge in [-0.25, -0.2) is 18.1 Å². The standard InChI is InChI=1S/C10H12N6O4S/c1-15-6-12-9(14-15)5-13-21(19,20)8-4-2-3-7(11)10(8)16(17)18/h2-4,6,13H,5,11H2,1H3. The number of nitrogens with zero attached hydrogens (tertiary/aromatic N) is 4. The maximum Gasteiger partial charge on any atom is 0.312 e. The van der Waals surface area contributed by atoms with Crippen LogP contribution in [0.5, 0.6) is 0 Å². The van der Waals surface area contributed by atoms with Gasteiger partial charge in [-0.15, -0.1) is 0 Å². The first-order valence-electron chi connectivity index (χ1n) is 5.68. The van der Waals surface area contributed by atoms with Gasteiger partial charge in [0.25, 0.3) is 0 Å². The van der Waals surface area contributed by atoms with Crippen LogP contribution in [0.3, 0.4) is 0 Å². The van der Waals surface area contributed by atoms with Gasteiger partial charge in [-0.1, -0.05) is 6.07 Å². The Hall–Kier alpha value is -2.53. The molecule has 0 saturated carbocycles. The summed E-state index contributed by atoms with van der Waals surface area (Å²) in [4.78, 5) is 13.5. The highest BCUT2D eigenvalue weighted by Crippen LogP contribution is 2.29. The molecular formula is C10H12N6O4S. The van der Waals surface area contributed by atoms with Crippen molar-refractivity contribution in [2.24, 2.45) is 7.05 Å². The fourth-order valence-electron chi connectivity index (χ4n) is 1.65. The summed E-state index contributed by atoms with van der Waals surface area (Å²) in [6.45, 7) is -0.185. The topological polar surface area (TPSA) is 146 Å². The lowest BCUT2D eigenvalue weighted by atomic mass is 10.3. The Morgan fingerprint density at radius 1 is 1.48 bits per heavy atom. The van der Waals surface area contributed by atoms with Crippen LogP contribution in [0.15, 0.2) is 29.4 Å². The summed E-state index contributed by atoms with van der Waals surface area (Å²) < 4.78 is 27.9. The number of rotatable bonds is 5. The van der Waals surface area contributed by atoms with Gasteiger partial charge in [0.15, 0.2) is 10.7 Å². The van der Waals surface area contributed by atoms with Crippen molar-refractivity contribution in [1.82, 2.24) is 19.5 Å². The Balaban J connectivity index is 2.32. The van der Waals surface area contributed by atoms with Crippen molar-refractivity contribution >= 4 is 21.4 Å². The fourth-order valence-corrected chi connectivity index (χ4v) is 2.83. The van der Waals surface area contributed by atoms with Gasteiger partial charge < -0.3 is 5.73 Å². The largest absolute Gasteiger partial charge is 0.393 e. The minimum absolute atomic E-state index is 0.185. The number of nitrogens with one attached hydrogen (secondary N) is 1. The van der Waals surface area contributed by atoms with Crippen LogP contribution in [0.4, 0.5) is 11.4 Å². The molecule has 0 radical (unpaired) electrons. The quantitative estimate of drug-likeness (QED) is 0.441. The van der Waals surface area contributed by atoms with Gasteiger partial charge in [0.2, 0.25) is 10.0 Å². The van der Waals surface area contributed by atoms with E-state index in [1.807, 2.05) is 0 Å². The van der Waals surface area contributed by atoms with Crippen molar-refractivity contribution in [1.29, 1.82) is 0 Å². The maximum absolute atomic E-state index is 12.2. The molecule has 21 heavy (non-hydrogen) atoms. The predicted octanol–water partition coefficient (Wildman–Crippen LogP) is -0.216. The van der Waals surface area contributed by atoms with E-state index in [4.69, 9.17) is 5.73 Å². The number of anilines is 1. The predicted molar refractivity (Wildman–Crippen MR) is 72.5 cm³/mol. The maximum atomic E-state index is 12.2. The number of nitro benzene ring substituents is 1. The summed E-state index contributed by atoms with van der Waals surface area (Å²) in [5.41, 5.74) is 4.59. The molecule has 1 aromatic heterocycles. The molecule has 1 heterocycles. The molecule has 0 aliphatic carbocycles. The Bertz CT molecular complexity index is 785. The second-order valence-electron chi connectivity index (χ2n) is 4.11. The normalized spacial score (nSPS) is 11.5. The van der Waals surface area contributed by atoms with Gasteiger partial charge in [-0.2, -0.15) is 5.10 Å². The summed E-state index contributed by atoms with van der Waals surface area (Å²) in [5, 5.41) is 14.9. The number of hydrogen-bond donors (Lipinski definition) is 2. The van der Waals surface area contributed by atoms with Crippen LogP contribution < -0.4 is 10.5 Å². The number of aryl methyl sites for hydroxylation is 1. The first-order chi connectivity index (χ1) is 9.81. The average Bonchev–Trinajstić information content (AvgIpc) is 2.82. The molecule has 0 saturated heterocycles. The fraction of sp³-hybridized carbons (Fsp3) is 0.200. The molecule has 2 rings (SSSR count). The molecule has 2 aromatic rings. The van der Waals surface area contributed by atoms with E-state index >= 15 is 0 Å². The molecule has 3 N–H and O–H groups in total. The van der Waals surface area contributed by atoms with Crippen molar-refractivity contribution in [2.45, 2.75) is 11.4 Å². The highest BCUT2D eigenvalue weighted by atomic mass is 32.2. The van der Waals surface area contributed by atoms with Gasteiger partial charge in [0, 0.05) is 7.05 Å². The number of para-hydroxylation sites is 1. The van der Waals surface area contributed by atoms with Crippen molar-refractivity contribution in [2.75, 3.05) is 5.73 Å². The number of aromatic nitrogens is 3. The molecule has 0 spiro atoms. The highest BCUT2D eigenvalue weighted by Gasteiger charge is 2.28. The molecule has 0 fully saturated rings. The number of nitro groups is 1. The third-order valence-corrected chi connectivity index (χ3v) is 4.00. The van der Waals surface area contributed by atoms with Crippen molar-refractivity contribution in [3.63, 3.8) is 0 Å². The van der Waals surface area contributed by atoms with Crippen LogP contribution in [0.1, 0.15) is 5.82 Å². The van der Waals surface area contributed by atoms with Crippen LogP contribution >= 0.6 is 0 Å². The van der Waals surface area contributed by atoms with Gasteiger partial charge in [-0.3, -0.25) is 14.8 Å². The van der Waals surface area contributed by atoms with E-state index in [-0.39, 0.29) is 18.1 Å². The molecule has 0 aliphatic heterocycles.